The van der Waals surface area contributed by atoms with Gasteiger partial charge in [-0.3, -0.25) is 0 Å². The van der Waals surface area contributed by atoms with Crippen molar-refractivity contribution in [2.24, 2.45) is 0 Å². The number of anilines is 3. The van der Waals surface area contributed by atoms with Crippen molar-refractivity contribution in [1.29, 1.82) is 0 Å². The summed E-state index contributed by atoms with van der Waals surface area (Å²) < 4.78 is 6.42. The fourth-order valence-electron chi connectivity index (χ4n) is 8.31. The Hall–Kier alpha value is -6.38. The molecule has 0 amide bonds. The van der Waals surface area contributed by atoms with E-state index in [9.17, 15) is 0 Å². The summed E-state index contributed by atoms with van der Waals surface area (Å²) in [7, 11) is 0. The summed E-state index contributed by atoms with van der Waals surface area (Å²) in [6, 6.07) is 63.6. The summed E-state index contributed by atoms with van der Waals surface area (Å²) in [5.74, 6) is 0. The third-order valence-corrected chi connectivity index (χ3v) is 10.9. The predicted molar refractivity (Wildman–Crippen MR) is 214 cm³/mol. The van der Waals surface area contributed by atoms with Crippen molar-refractivity contribution in [1.82, 2.24) is 0 Å². The van der Waals surface area contributed by atoms with Crippen molar-refractivity contribution < 1.29 is 4.42 Å². The molecule has 1 heterocycles. The van der Waals surface area contributed by atoms with Gasteiger partial charge in [-0.2, -0.15) is 0 Å². The van der Waals surface area contributed by atoms with Gasteiger partial charge in [-0.1, -0.05) is 141 Å². The summed E-state index contributed by atoms with van der Waals surface area (Å²) in [6.07, 6.45) is 0. The molecule has 1 aliphatic carbocycles. The largest absolute Gasteiger partial charge is 0.456 e. The Morgan fingerprint density at radius 2 is 1.08 bits per heavy atom. The lowest BCUT2D eigenvalue weighted by molar-refractivity contribution is 0.660. The maximum atomic E-state index is 6.42. The van der Waals surface area contributed by atoms with E-state index in [0.717, 1.165) is 39.1 Å². The van der Waals surface area contributed by atoms with E-state index in [2.05, 4.69) is 195 Å². The molecule has 9 aromatic rings. The van der Waals surface area contributed by atoms with E-state index >= 15 is 0 Å². The van der Waals surface area contributed by atoms with Gasteiger partial charge in [0.1, 0.15) is 11.2 Å². The minimum atomic E-state index is -0.0871. The van der Waals surface area contributed by atoms with Crippen molar-refractivity contribution in [3.05, 3.63) is 187 Å². The van der Waals surface area contributed by atoms with E-state index in [1.165, 1.54) is 55.2 Å². The van der Waals surface area contributed by atoms with Crippen LogP contribution in [0.4, 0.5) is 17.1 Å². The Kier molecular flexibility index (Phi) is 6.56. The summed E-state index contributed by atoms with van der Waals surface area (Å²) in [4.78, 5) is 2.42. The second-order valence-corrected chi connectivity index (χ2v) is 14.1. The lowest BCUT2D eigenvalue weighted by Gasteiger charge is -2.29. The van der Waals surface area contributed by atoms with Crippen LogP contribution in [0.3, 0.4) is 0 Å². The first-order valence-electron chi connectivity index (χ1n) is 17.7. The fourth-order valence-corrected chi connectivity index (χ4v) is 8.31. The van der Waals surface area contributed by atoms with E-state index in [-0.39, 0.29) is 5.41 Å². The van der Waals surface area contributed by atoms with Gasteiger partial charge in [0.15, 0.2) is 0 Å². The minimum Gasteiger partial charge on any atom is -0.456 e. The highest BCUT2D eigenvalue weighted by Crippen LogP contribution is 2.54. The van der Waals surface area contributed by atoms with Crippen LogP contribution in [-0.4, -0.2) is 0 Å². The van der Waals surface area contributed by atoms with E-state index in [1.54, 1.807) is 0 Å². The number of nitrogens with zero attached hydrogens (tertiary/aromatic N) is 1. The zero-order valence-electron chi connectivity index (χ0n) is 28.6. The van der Waals surface area contributed by atoms with E-state index in [1.807, 2.05) is 0 Å². The van der Waals surface area contributed by atoms with E-state index < -0.39 is 0 Å². The molecule has 0 radical (unpaired) electrons. The van der Waals surface area contributed by atoms with Crippen LogP contribution in [0, 0.1) is 0 Å². The maximum absolute atomic E-state index is 6.42. The number of benzene rings is 8. The fraction of sp³-hybridized carbons (Fsp3) is 0.0612. The van der Waals surface area contributed by atoms with Crippen LogP contribution in [-0.2, 0) is 5.41 Å². The molecule has 0 saturated heterocycles. The normalized spacial score (nSPS) is 13.1. The van der Waals surface area contributed by atoms with Gasteiger partial charge in [-0.15, -0.1) is 0 Å². The van der Waals surface area contributed by atoms with Gasteiger partial charge >= 0.3 is 0 Å². The summed E-state index contributed by atoms with van der Waals surface area (Å²) in [6.45, 7) is 4.69. The smallest absolute Gasteiger partial charge is 0.136 e. The lowest BCUT2D eigenvalue weighted by Crippen LogP contribution is -2.16. The molecule has 8 aromatic carbocycles. The van der Waals surface area contributed by atoms with Crippen molar-refractivity contribution in [2.75, 3.05) is 4.90 Å². The zero-order chi connectivity index (χ0) is 34.1. The van der Waals surface area contributed by atoms with Gasteiger partial charge in [-0.05, 0) is 98.2 Å². The highest BCUT2D eigenvalue weighted by molar-refractivity contribution is 6.19. The van der Waals surface area contributed by atoms with Crippen LogP contribution < -0.4 is 4.90 Å². The molecule has 0 N–H and O–H groups in total. The summed E-state index contributed by atoms with van der Waals surface area (Å²) >= 11 is 0. The van der Waals surface area contributed by atoms with Gasteiger partial charge in [0.2, 0.25) is 0 Å². The Morgan fingerprint density at radius 1 is 0.451 bits per heavy atom. The third kappa shape index (κ3) is 4.64. The van der Waals surface area contributed by atoms with Gasteiger partial charge in [0, 0.05) is 33.1 Å². The number of rotatable bonds is 5. The standard InChI is InChI=1S/C49H35NO/c1-49(2)42-16-9-8-15-40(42)48-43(49)17-10-18-44(48)50(37-25-19-33(20-26-37)32-11-4-3-5-12-32)38-27-21-34(22-28-38)36-23-29-41-46(31-36)51-45-30-24-35-13-6-7-14-39(35)47(41)45/h3-31H,1-2H3. The van der Waals surface area contributed by atoms with Gasteiger partial charge in [0.25, 0.3) is 0 Å². The summed E-state index contributed by atoms with van der Waals surface area (Å²) in [5, 5.41) is 4.77. The Balaban J connectivity index is 1.09. The molecule has 0 spiro atoms. The third-order valence-electron chi connectivity index (χ3n) is 10.9. The molecule has 2 heteroatoms. The van der Waals surface area contributed by atoms with Crippen LogP contribution in [0.25, 0.3) is 66.1 Å². The van der Waals surface area contributed by atoms with Crippen LogP contribution in [0.2, 0.25) is 0 Å². The van der Waals surface area contributed by atoms with Gasteiger partial charge < -0.3 is 9.32 Å². The van der Waals surface area contributed by atoms with Gasteiger partial charge in [-0.25, -0.2) is 0 Å². The second-order valence-electron chi connectivity index (χ2n) is 14.1. The van der Waals surface area contributed by atoms with Crippen LogP contribution in [0.1, 0.15) is 25.0 Å². The average molecular weight is 654 g/mol. The van der Waals surface area contributed by atoms with Crippen LogP contribution in [0.15, 0.2) is 180 Å². The van der Waals surface area contributed by atoms with E-state index in [0.29, 0.717) is 0 Å². The SMILES string of the molecule is CC1(C)c2ccccc2-c2c(N(c3ccc(-c4ccccc4)cc3)c3ccc(-c4ccc5c(c4)oc4ccc6ccccc6c45)cc3)cccc21. The van der Waals surface area contributed by atoms with Crippen molar-refractivity contribution in [3.8, 4) is 33.4 Å². The highest BCUT2D eigenvalue weighted by atomic mass is 16.3. The quantitative estimate of drug-likeness (QED) is 0.184. The molecule has 0 bridgehead atoms. The summed E-state index contributed by atoms with van der Waals surface area (Å²) in [5.41, 5.74) is 15.2. The Bertz CT molecular complexity index is 2750. The van der Waals surface area contributed by atoms with Crippen LogP contribution in [0.5, 0.6) is 0 Å². The number of furan rings is 1. The van der Waals surface area contributed by atoms with Crippen molar-refractivity contribution in [2.45, 2.75) is 19.3 Å². The molecule has 0 unspecified atom stereocenters. The molecular weight excluding hydrogens is 619 g/mol. The molecule has 0 aliphatic heterocycles. The molecule has 1 aromatic heterocycles. The van der Waals surface area contributed by atoms with Crippen LogP contribution >= 0.6 is 0 Å². The topological polar surface area (TPSA) is 16.4 Å². The van der Waals surface area contributed by atoms with E-state index in [4.69, 9.17) is 4.42 Å². The molecule has 0 fully saturated rings. The lowest BCUT2D eigenvalue weighted by atomic mass is 9.82. The molecule has 51 heavy (non-hydrogen) atoms. The zero-order valence-corrected chi connectivity index (χ0v) is 28.6. The molecule has 242 valence electrons. The maximum Gasteiger partial charge on any atom is 0.136 e. The first-order valence-corrected chi connectivity index (χ1v) is 17.7. The monoisotopic (exact) mass is 653 g/mol. The molecule has 0 saturated carbocycles. The molecule has 1 aliphatic rings. The second kappa shape index (κ2) is 11.3. The average Bonchev–Trinajstić information content (AvgIpc) is 3.68. The van der Waals surface area contributed by atoms with Gasteiger partial charge in [0.05, 0.1) is 5.69 Å². The first kappa shape index (κ1) is 29.5. The number of hydrogen-bond donors (Lipinski definition) is 0. The van der Waals surface area contributed by atoms with Crippen molar-refractivity contribution in [3.63, 3.8) is 0 Å². The molecular formula is C49H35NO. The minimum absolute atomic E-state index is 0.0871. The Morgan fingerprint density at radius 3 is 1.86 bits per heavy atom. The van der Waals surface area contributed by atoms with Crippen molar-refractivity contribution >= 4 is 49.8 Å². The first-order chi connectivity index (χ1) is 25.0. The predicted octanol–water partition coefficient (Wildman–Crippen LogP) is 13.8. The molecule has 0 atom stereocenters. The number of fused-ring (bicyclic) bond motifs is 8. The highest BCUT2D eigenvalue weighted by Gasteiger charge is 2.37. The molecule has 10 rings (SSSR count). The molecule has 2 nitrogen and oxygen atoms in total. The Labute approximate surface area is 297 Å². The number of hydrogen-bond acceptors (Lipinski definition) is 2.